The molecule has 3 heterocycles. The number of hydrogen-bond acceptors (Lipinski definition) is 5. The van der Waals surface area contributed by atoms with E-state index in [1.165, 1.54) is 0 Å². The molecule has 2 saturated heterocycles. The van der Waals surface area contributed by atoms with Crippen molar-refractivity contribution in [3.05, 3.63) is 64.4 Å². The lowest BCUT2D eigenvalue weighted by Gasteiger charge is -2.26. The topological polar surface area (TPSA) is 58.3 Å². The standard InChI is InChI=1S/C20H16ClN3O3S/c21-14-9-5-4-8-13(14)18-22-24(15-10-16(25)19-26-11-17(15)27-19)20(28)23(18)12-6-2-1-3-7-12/h1-9,15,17,19H,10-11H2/t15-,17-,19+/m1/s1. The summed E-state index contributed by atoms with van der Waals surface area (Å²) in [6.45, 7) is 0.350. The van der Waals surface area contributed by atoms with Crippen LogP contribution in [0.4, 0.5) is 0 Å². The minimum absolute atomic E-state index is 0.0887. The van der Waals surface area contributed by atoms with E-state index in [-0.39, 0.29) is 24.3 Å². The van der Waals surface area contributed by atoms with Crippen LogP contribution >= 0.6 is 23.8 Å². The molecule has 5 rings (SSSR count). The number of rotatable bonds is 3. The summed E-state index contributed by atoms with van der Waals surface area (Å²) in [5, 5.41) is 5.37. The molecule has 3 atom stereocenters. The number of fused-ring (bicyclic) bond motifs is 2. The molecule has 0 radical (unpaired) electrons. The molecule has 2 bridgehead atoms. The molecule has 0 N–H and O–H groups in total. The number of hydrogen-bond donors (Lipinski definition) is 0. The number of carbonyl (C=O) groups is 1. The average molecular weight is 414 g/mol. The highest BCUT2D eigenvalue weighted by molar-refractivity contribution is 7.71. The molecule has 6 nitrogen and oxygen atoms in total. The van der Waals surface area contributed by atoms with Crippen molar-refractivity contribution in [3.63, 3.8) is 0 Å². The van der Waals surface area contributed by atoms with Crippen LogP contribution in [-0.4, -0.2) is 39.1 Å². The zero-order valence-corrected chi connectivity index (χ0v) is 16.3. The predicted molar refractivity (Wildman–Crippen MR) is 106 cm³/mol. The van der Waals surface area contributed by atoms with E-state index in [1.807, 2.05) is 59.2 Å². The number of Topliss-reactive ketones (excluding diaryl/α,β-unsaturated/α-hetero) is 1. The third-order valence-electron chi connectivity index (χ3n) is 5.06. The lowest BCUT2D eigenvalue weighted by molar-refractivity contribution is -0.156. The van der Waals surface area contributed by atoms with Gasteiger partial charge in [-0.25, -0.2) is 4.68 Å². The molecule has 28 heavy (non-hydrogen) atoms. The molecule has 0 spiro atoms. The van der Waals surface area contributed by atoms with Crippen LogP contribution < -0.4 is 0 Å². The van der Waals surface area contributed by atoms with Gasteiger partial charge in [-0.2, -0.15) is 5.10 Å². The Labute approximate surface area is 171 Å². The minimum atomic E-state index is -0.755. The Kier molecular flexibility index (Phi) is 4.40. The van der Waals surface area contributed by atoms with E-state index in [4.69, 9.17) is 38.4 Å². The van der Waals surface area contributed by atoms with E-state index in [0.29, 0.717) is 22.2 Å². The van der Waals surface area contributed by atoms with Crippen molar-refractivity contribution in [2.75, 3.05) is 6.61 Å². The predicted octanol–water partition coefficient (Wildman–Crippen LogP) is 3.98. The summed E-state index contributed by atoms with van der Waals surface area (Å²) >= 11 is 12.2. The number of benzene rings is 2. The number of ketones is 1. The monoisotopic (exact) mass is 413 g/mol. The Morgan fingerprint density at radius 3 is 2.64 bits per heavy atom. The second-order valence-corrected chi connectivity index (χ2v) is 7.55. The van der Waals surface area contributed by atoms with Gasteiger partial charge in [0.15, 0.2) is 11.6 Å². The number of para-hydroxylation sites is 1. The van der Waals surface area contributed by atoms with Crippen molar-refractivity contribution < 1.29 is 14.3 Å². The van der Waals surface area contributed by atoms with Crippen molar-refractivity contribution in [2.45, 2.75) is 24.9 Å². The van der Waals surface area contributed by atoms with Crippen LogP contribution in [0.5, 0.6) is 0 Å². The maximum atomic E-state index is 12.3. The zero-order chi connectivity index (χ0) is 19.3. The van der Waals surface area contributed by atoms with Crippen LogP contribution in [0.2, 0.25) is 5.02 Å². The molecule has 0 amide bonds. The number of ether oxygens (including phenoxy) is 2. The highest BCUT2D eigenvalue weighted by atomic mass is 35.5. The fraction of sp³-hybridized carbons (Fsp3) is 0.250. The summed E-state index contributed by atoms with van der Waals surface area (Å²) in [5.74, 6) is 0.532. The van der Waals surface area contributed by atoms with Crippen LogP contribution in [0.3, 0.4) is 0 Å². The van der Waals surface area contributed by atoms with E-state index in [1.54, 1.807) is 4.68 Å². The van der Waals surface area contributed by atoms with Crippen LogP contribution in [0.1, 0.15) is 12.5 Å². The number of carbonyl (C=O) groups excluding carboxylic acids is 1. The van der Waals surface area contributed by atoms with Gasteiger partial charge < -0.3 is 9.47 Å². The number of aromatic nitrogens is 3. The Morgan fingerprint density at radius 2 is 1.86 bits per heavy atom. The molecule has 2 aliphatic rings. The maximum absolute atomic E-state index is 12.3. The van der Waals surface area contributed by atoms with Crippen molar-refractivity contribution in [3.8, 4) is 17.1 Å². The smallest absolute Gasteiger partial charge is 0.218 e. The third-order valence-corrected chi connectivity index (χ3v) is 5.76. The molecule has 3 aromatic rings. The van der Waals surface area contributed by atoms with Gasteiger partial charge in [0.2, 0.25) is 11.1 Å². The Hall–Kier alpha value is -2.32. The highest BCUT2D eigenvalue weighted by Gasteiger charge is 2.45. The number of halogens is 1. The largest absolute Gasteiger partial charge is 0.343 e. The highest BCUT2D eigenvalue weighted by Crippen LogP contribution is 2.35. The van der Waals surface area contributed by atoms with E-state index in [0.717, 1.165) is 11.3 Å². The fourth-order valence-corrected chi connectivity index (χ4v) is 4.28. The molecule has 8 heteroatoms. The molecule has 1 aromatic heterocycles. The molecule has 2 aliphatic heterocycles. The third kappa shape index (κ3) is 2.82. The number of nitrogens with zero attached hydrogens (tertiary/aromatic N) is 3. The zero-order valence-electron chi connectivity index (χ0n) is 14.7. The van der Waals surface area contributed by atoms with Gasteiger partial charge in [0.05, 0.1) is 17.7 Å². The van der Waals surface area contributed by atoms with Gasteiger partial charge in [-0.15, -0.1) is 0 Å². The van der Waals surface area contributed by atoms with Gasteiger partial charge in [-0.3, -0.25) is 9.36 Å². The van der Waals surface area contributed by atoms with E-state index in [9.17, 15) is 4.79 Å². The minimum Gasteiger partial charge on any atom is -0.343 e. The Balaban J connectivity index is 1.71. The molecule has 142 valence electrons. The summed E-state index contributed by atoms with van der Waals surface area (Å²) in [6, 6.07) is 16.9. The SMILES string of the molecule is O=C1C[C@@H](n2nc(-c3ccccc3Cl)n(-c3ccccc3)c2=S)[C@H]2CO[C@H]1O2. The second kappa shape index (κ2) is 6.93. The maximum Gasteiger partial charge on any atom is 0.218 e. The van der Waals surface area contributed by atoms with Crippen molar-refractivity contribution >= 4 is 29.6 Å². The van der Waals surface area contributed by atoms with E-state index in [2.05, 4.69) is 0 Å². The van der Waals surface area contributed by atoms with Gasteiger partial charge >= 0.3 is 0 Å². The summed E-state index contributed by atoms with van der Waals surface area (Å²) < 4.78 is 15.2. The fourth-order valence-electron chi connectivity index (χ4n) is 3.69. The van der Waals surface area contributed by atoms with Crippen LogP contribution in [0, 0.1) is 4.77 Å². The lowest BCUT2D eigenvalue weighted by Crippen LogP contribution is -2.37. The quantitative estimate of drug-likeness (QED) is 0.608. The summed E-state index contributed by atoms with van der Waals surface area (Å²) in [4.78, 5) is 12.3. The summed E-state index contributed by atoms with van der Waals surface area (Å²) in [7, 11) is 0. The molecule has 2 aromatic carbocycles. The second-order valence-electron chi connectivity index (χ2n) is 6.78. The average Bonchev–Trinajstić information content (AvgIpc) is 3.29. The van der Waals surface area contributed by atoms with Crippen LogP contribution in [-0.2, 0) is 14.3 Å². The normalized spacial score (nSPS) is 23.9. The molecule has 0 unspecified atom stereocenters. The van der Waals surface area contributed by atoms with E-state index >= 15 is 0 Å². The van der Waals surface area contributed by atoms with Gasteiger partial charge in [0, 0.05) is 17.7 Å². The van der Waals surface area contributed by atoms with Crippen molar-refractivity contribution in [2.24, 2.45) is 0 Å². The first-order chi connectivity index (χ1) is 13.6. The lowest BCUT2D eigenvalue weighted by atomic mass is 10.0. The van der Waals surface area contributed by atoms with Crippen molar-refractivity contribution in [1.82, 2.24) is 14.3 Å². The summed E-state index contributed by atoms with van der Waals surface area (Å²) in [5.41, 5.74) is 1.64. The molecule has 0 aliphatic carbocycles. The van der Waals surface area contributed by atoms with Gasteiger partial charge in [0.25, 0.3) is 0 Å². The van der Waals surface area contributed by atoms with Crippen LogP contribution in [0.15, 0.2) is 54.6 Å². The van der Waals surface area contributed by atoms with E-state index < -0.39 is 6.29 Å². The van der Waals surface area contributed by atoms with Gasteiger partial charge in [0.1, 0.15) is 6.10 Å². The molecular weight excluding hydrogens is 398 g/mol. The summed E-state index contributed by atoms with van der Waals surface area (Å²) in [6.07, 6.45) is -0.737. The Bertz CT molecular complexity index is 1110. The van der Waals surface area contributed by atoms with Crippen LogP contribution in [0.25, 0.3) is 17.1 Å². The Morgan fingerprint density at radius 1 is 1.11 bits per heavy atom. The molecule has 2 fully saturated rings. The van der Waals surface area contributed by atoms with Gasteiger partial charge in [-0.1, -0.05) is 41.9 Å². The molecule has 0 saturated carbocycles. The first-order valence-corrected chi connectivity index (χ1v) is 9.74. The first kappa shape index (κ1) is 17.8. The van der Waals surface area contributed by atoms with Gasteiger partial charge in [-0.05, 0) is 36.5 Å². The molecular formula is C20H16ClN3O3S. The first-order valence-electron chi connectivity index (χ1n) is 8.95. The van der Waals surface area contributed by atoms with Crippen molar-refractivity contribution in [1.29, 1.82) is 0 Å².